The minimum absolute atomic E-state index is 0.143. The van der Waals surface area contributed by atoms with Crippen LogP contribution in [0.1, 0.15) is 19.3 Å². The van der Waals surface area contributed by atoms with Crippen LogP contribution < -0.4 is 5.32 Å². The summed E-state index contributed by atoms with van der Waals surface area (Å²) < 4.78 is 4.77. The van der Waals surface area contributed by atoms with E-state index >= 15 is 0 Å². The number of rotatable bonds is 1. The van der Waals surface area contributed by atoms with Crippen LogP contribution in [0.4, 0.5) is 4.79 Å². The summed E-state index contributed by atoms with van der Waals surface area (Å²) in [4.78, 5) is 24.7. The van der Waals surface area contributed by atoms with Gasteiger partial charge in [0, 0.05) is 6.54 Å². The molecule has 2 aliphatic heterocycles. The minimum Gasteiger partial charge on any atom is -0.467 e. The number of carbonyl (C=O) groups excluding carboxylic acids is 2. The summed E-state index contributed by atoms with van der Waals surface area (Å²) in [6.45, 7) is 1.04. The first kappa shape index (κ1) is 9.30. The normalized spacial score (nSPS) is 30.9. The molecule has 0 aromatic rings. The van der Waals surface area contributed by atoms with Gasteiger partial charge in [-0.3, -0.25) is 0 Å². The molecule has 0 saturated carbocycles. The van der Waals surface area contributed by atoms with E-state index in [0.717, 1.165) is 12.8 Å². The van der Waals surface area contributed by atoms with Crippen molar-refractivity contribution < 1.29 is 14.3 Å². The van der Waals surface area contributed by atoms with Gasteiger partial charge in [-0.25, -0.2) is 9.59 Å². The van der Waals surface area contributed by atoms with Gasteiger partial charge in [0.1, 0.15) is 0 Å². The number of methoxy groups -OCH3 is 1. The number of ether oxygens (including phenoxy) is 1. The van der Waals surface area contributed by atoms with Gasteiger partial charge in [-0.15, -0.1) is 0 Å². The summed E-state index contributed by atoms with van der Waals surface area (Å²) >= 11 is 0. The Balaban J connectivity index is 2.29. The van der Waals surface area contributed by atoms with Gasteiger partial charge in [-0.2, -0.15) is 0 Å². The van der Waals surface area contributed by atoms with E-state index in [1.165, 1.54) is 7.11 Å². The molecule has 1 unspecified atom stereocenters. The maximum atomic E-state index is 11.7. The fraction of sp³-hybridized carbons (Fsp3) is 0.778. The maximum Gasteiger partial charge on any atom is 0.333 e. The van der Waals surface area contributed by atoms with Crippen molar-refractivity contribution in [3.05, 3.63) is 0 Å². The topological polar surface area (TPSA) is 58.6 Å². The number of fused-ring (bicyclic) bond motifs is 1. The standard InChI is InChI=1S/C9H14N2O3/c1-14-7(12)9-4-2-3-5-11(9)8(13)10-6-9/h2-6H2,1H3,(H,10,13). The van der Waals surface area contributed by atoms with Crippen LogP contribution >= 0.6 is 0 Å². The van der Waals surface area contributed by atoms with Crippen LogP contribution in [0.25, 0.3) is 0 Å². The highest BCUT2D eigenvalue weighted by Gasteiger charge is 2.53. The second-order valence-electron chi connectivity index (χ2n) is 3.79. The first-order valence-corrected chi connectivity index (χ1v) is 4.84. The molecule has 0 spiro atoms. The first-order chi connectivity index (χ1) is 6.70. The molecule has 5 nitrogen and oxygen atoms in total. The van der Waals surface area contributed by atoms with Gasteiger partial charge < -0.3 is 15.0 Å². The summed E-state index contributed by atoms with van der Waals surface area (Å²) in [5, 5.41) is 2.70. The van der Waals surface area contributed by atoms with Gasteiger partial charge in [0.05, 0.1) is 13.7 Å². The summed E-state index contributed by atoms with van der Waals surface area (Å²) in [6.07, 6.45) is 2.64. The Labute approximate surface area is 82.4 Å². The molecule has 0 aromatic carbocycles. The molecule has 14 heavy (non-hydrogen) atoms. The highest BCUT2D eigenvalue weighted by Crippen LogP contribution is 2.32. The number of amides is 2. The molecule has 78 valence electrons. The van der Waals surface area contributed by atoms with Crippen LogP contribution in [0.3, 0.4) is 0 Å². The molecule has 2 aliphatic rings. The fourth-order valence-corrected chi connectivity index (χ4v) is 2.31. The van der Waals surface area contributed by atoms with Gasteiger partial charge in [0.15, 0.2) is 5.54 Å². The zero-order valence-electron chi connectivity index (χ0n) is 8.21. The van der Waals surface area contributed by atoms with Crippen molar-refractivity contribution in [2.45, 2.75) is 24.8 Å². The minimum atomic E-state index is -0.718. The molecule has 5 heteroatoms. The van der Waals surface area contributed by atoms with E-state index in [4.69, 9.17) is 4.74 Å². The molecule has 2 amide bonds. The highest BCUT2D eigenvalue weighted by atomic mass is 16.5. The molecule has 1 N–H and O–H groups in total. The Bertz CT molecular complexity index is 279. The molecule has 2 heterocycles. The SMILES string of the molecule is COC(=O)C12CCCCN1C(=O)NC2. The van der Waals surface area contributed by atoms with E-state index in [9.17, 15) is 9.59 Å². The van der Waals surface area contributed by atoms with E-state index in [2.05, 4.69) is 5.32 Å². The number of esters is 1. The van der Waals surface area contributed by atoms with Gasteiger partial charge in [-0.05, 0) is 19.3 Å². The fourth-order valence-electron chi connectivity index (χ4n) is 2.31. The third kappa shape index (κ3) is 1.08. The summed E-state index contributed by atoms with van der Waals surface area (Å²) in [7, 11) is 1.37. The van der Waals surface area contributed by atoms with Crippen molar-refractivity contribution in [1.82, 2.24) is 10.2 Å². The average molecular weight is 198 g/mol. The molecule has 2 fully saturated rings. The molecule has 0 bridgehead atoms. The highest BCUT2D eigenvalue weighted by molar-refractivity contribution is 5.91. The van der Waals surface area contributed by atoms with Gasteiger partial charge in [0.2, 0.25) is 0 Å². The molecule has 0 radical (unpaired) electrons. The zero-order valence-corrected chi connectivity index (χ0v) is 8.21. The Morgan fingerprint density at radius 3 is 3.07 bits per heavy atom. The number of hydrogen-bond donors (Lipinski definition) is 1. The predicted octanol–water partition coefficient (Wildman–Crippen LogP) is 0.107. The van der Waals surface area contributed by atoms with E-state index in [0.29, 0.717) is 19.5 Å². The molecular formula is C9H14N2O3. The Morgan fingerprint density at radius 1 is 1.57 bits per heavy atom. The van der Waals surface area contributed by atoms with Crippen LogP contribution in [0.15, 0.2) is 0 Å². The van der Waals surface area contributed by atoms with Crippen molar-refractivity contribution in [2.24, 2.45) is 0 Å². The lowest BCUT2D eigenvalue weighted by molar-refractivity contribution is -0.153. The van der Waals surface area contributed by atoms with Crippen molar-refractivity contribution in [3.8, 4) is 0 Å². The Morgan fingerprint density at radius 2 is 2.36 bits per heavy atom. The van der Waals surface area contributed by atoms with Crippen LogP contribution in [0.2, 0.25) is 0 Å². The molecule has 1 atom stereocenters. The van der Waals surface area contributed by atoms with Crippen molar-refractivity contribution >= 4 is 12.0 Å². The molecule has 2 rings (SSSR count). The third-order valence-electron chi connectivity index (χ3n) is 3.08. The van der Waals surface area contributed by atoms with E-state index < -0.39 is 5.54 Å². The second kappa shape index (κ2) is 3.15. The van der Waals surface area contributed by atoms with E-state index in [-0.39, 0.29) is 12.0 Å². The van der Waals surface area contributed by atoms with Crippen LogP contribution in [-0.2, 0) is 9.53 Å². The molecular weight excluding hydrogens is 184 g/mol. The quantitative estimate of drug-likeness (QED) is 0.608. The van der Waals surface area contributed by atoms with Crippen molar-refractivity contribution in [2.75, 3.05) is 20.2 Å². The van der Waals surface area contributed by atoms with E-state index in [1.807, 2.05) is 0 Å². The van der Waals surface area contributed by atoms with E-state index in [1.54, 1.807) is 4.90 Å². The third-order valence-corrected chi connectivity index (χ3v) is 3.08. The molecule has 2 saturated heterocycles. The number of hydrogen-bond acceptors (Lipinski definition) is 3. The Hall–Kier alpha value is -1.26. The molecule has 0 aromatic heterocycles. The van der Waals surface area contributed by atoms with Crippen molar-refractivity contribution in [1.29, 1.82) is 0 Å². The zero-order chi connectivity index (χ0) is 10.2. The average Bonchev–Trinajstić information content (AvgIpc) is 2.57. The number of urea groups is 1. The summed E-state index contributed by atoms with van der Waals surface area (Å²) in [5.41, 5.74) is -0.718. The van der Waals surface area contributed by atoms with Gasteiger partial charge in [0.25, 0.3) is 0 Å². The Kier molecular flexibility index (Phi) is 2.09. The lowest BCUT2D eigenvalue weighted by Gasteiger charge is -2.37. The lowest BCUT2D eigenvalue weighted by Crippen LogP contribution is -2.56. The molecule has 0 aliphatic carbocycles. The van der Waals surface area contributed by atoms with Gasteiger partial charge >= 0.3 is 12.0 Å². The summed E-state index contributed by atoms with van der Waals surface area (Å²) in [5.74, 6) is -0.296. The number of nitrogens with zero attached hydrogens (tertiary/aromatic N) is 1. The van der Waals surface area contributed by atoms with Gasteiger partial charge in [-0.1, -0.05) is 0 Å². The largest absolute Gasteiger partial charge is 0.467 e. The number of nitrogens with one attached hydrogen (secondary N) is 1. The number of carbonyl (C=O) groups is 2. The second-order valence-corrected chi connectivity index (χ2v) is 3.79. The van der Waals surface area contributed by atoms with Crippen LogP contribution in [-0.4, -0.2) is 42.6 Å². The monoisotopic (exact) mass is 198 g/mol. The first-order valence-electron chi connectivity index (χ1n) is 4.84. The summed E-state index contributed by atoms with van der Waals surface area (Å²) in [6, 6.07) is -0.143. The number of piperidine rings is 1. The van der Waals surface area contributed by atoms with Crippen LogP contribution in [0.5, 0.6) is 0 Å². The maximum absolute atomic E-state index is 11.7. The smallest absolute Gasteiger partial charge is 0.333 e. The lowest BCUT2D eigenvalue weighted by atomic mass is 9.88. The predicted molar refractivity (Wildman–Crippen MR) is 48.7 cm³/mol. The van der Waals surface area contributed by atoms with Crippen LogP contribution in [0, 0.1) is 0 Å². The van der Waals surface area contributed by atoms with Crippen molar-refractivity contribution in [3.63, 3.8) is 0 Å².